The summed E-state index contributed by atoms with van der Waals surface area (Å²) in [6.07, 6.45) is 5.15. The summed E-state index contributed by atoms with van der Waals surface area (Å²) in [7, 11) is 0. The minimum Gasteiger partial charge on any atom is -0.335 e. The van der Waals surface area contributed by atoms with Crippen molar-refractivity contribution in [3.63, 3.8) is 0 Å². The molecule has 4 aliphatic rings. The van der Waals surface area contributed by atoms with Crippen LogP contribution in [0, 0.1) is 11.8 Å². The summed E-state index contributed by atoms with van der Waals surface area (Å²) >= 11 is 0. The number of likely N-dealkylation sites (tertiary alicyclic amines) is 2. The summed E-state index contributed by atoms with van der Waals surface area (Å²) in [5.41, 5.74) is 0. The molecule has 1 saturated carbocycles. The molecule has 4 rings (SSSR count). The number of hydrogen-bond donors (Lipinski definition) is 1. The second kappa shape index (κ2) is 5.58. The van der Waals surface area contributed by atoms with Gasteiger partial charge in [-0.3, -0.25) is 19.3 Å². The molecule has 4 atom stereocenters. The molecule has 3 saturated heterocycles. The summed E-state index contributed by atoms with van der Waals surface area (Å²) in [4.78, 5) is 41.6. The minimum atomic E-state index is -0.212. The van der Waals surface area contributed by atoms with Gasteiger partial charge in [0, 0.05) is 12.5 Å². The smallest absolute Gasteiger partial charge is 0.240 e. The maximum Gasteiger partial charge on any atom is 0.240 e. The average Bonchev–Trinajstić information content (AvgIpc) is 2.98. The van der Waals surface area contributed by atoms with Crippen LogP contribution in [0.2, 0.25) is 0 Å². The average molecular weight is 319 g/mol. The summed E-state index contributed by atoms with van der Waals surface area (Å²) < 4.78 is 0. The van der Waals surface area contributed by atoms with E-state index in [2.05, 4.69) is 5.32 Å². The SMILES string of the molecule is CC[C@@H]1C(=O)N(C(=O)C2CC2)[C@H]2CCN(C(=O)[C@@H]3CCCN3)[C@H]12. The van der Waals surface area contributed by atoms with Gasteiger partial charge in [0.25, 0.3) is 0 Å². The van der Waals surface area contributed by atoms with E-state index in [0.717, 1.165) is 38.6 Å². The van der Waals surface area contributed by atoms with Gasteiger partial charge < -0.3 is 10.2 Å². The Morgan fingerprint density at radius 2 is 1.96 bits per heavy atom. The van der Waals surface area contributed by atoms with Crippen LogP contribution < -0.4 is 5.32 Å². The van der Waals surface area contributed by atoms with Gasteiger partial charge in [-0.1, -0.05) is 6.92 Å². The zero-order valence-electron chi connectivity index (χ0n) is 13.7. The Balaban J connectivity index is 1.58. The number of fused-ring (bicyclic) bond motifs is 1. The second-order valence-corrected chi connectivity index (χ2v) is 7.36. The fourth-order valence-electron chi connectivity index (χ4n) is 4.62. The molecule has 23 heavy (non-hydrogen) atoms. The zero-order valence-corrected chi connectivity index (χ0v) is 13.7. The highest BCUT2D eigenvalue weighted by atomic mass is 16.2. The molecule has 3 aliphatic heterocycles. The van der Waals surface area contributed by atoms with Crippen molar-refractivity contribution in [1.82, 2.24) is 15.1 Å². The second-order valence-electron chi connectivity index (χ2n) is 7.36. The van der Waals surface area contributed by atoms with Gasteiger partial charge in [-0.2, -0.15) is 0 Å². The first-order valence-electron chi connectivity index (χ1n) is 9.04. The molecule has 0 unspecified atom stereocenters. The van der Waals surface area contributed by atoms with Crippen LogP contribution in [0.5, 0.6) is 0 Å². The number of carbonyl (C=O) groups is 3. The van der Waals surface area contributed by atoms with Crippen molar-refractivity contribution >= 4 is 17.7 Å². The lowest BCUT2D eigenvalue weighted by molar-refractivity contribution is -0.146. The molecule has 126 valence electrons. The Morgan fingerprint density at radius 1 is 1.17 bits per heavy atom. The highest BCUT2D eigenvalue weighted by Gasteiger charge is 2.57. The fraction of sp³-hybridized carbons (Fsp3) is 0.824. The molecule has 0 spiro atoms. The maximum absolute atomic E-state index is 12.8. The van der Waals surface area contributed by atoms with Crippen molar-refractivity contribution in [3.05, 3.63) is 0 Å². The van der Waals surface area contributed by atoms with Crippen LogP contribution in [0.25, 0.3) is 0 Å². The molecule has 0 radical (unpaired) electrons. The number of amides is 3. The Morgan fingerprint density at radius 3 is 2.57 bits per heavy atom. The van der Waals surface area contributed by atoms with Gasteiger partial charge in [-0.05, 0) is 45.1 Å². The lowest BCUT2D eigenvalue weighted by atomic mass is 9.96. The predicted octanol–water partition coefficient (Wildman–Crippen LogP) is 0.513. The van der Waals surface area contributed by atoms with Crippen molar-refractivity contribution < 1.29 is 14.4 Å². The number of imide groups is 1. The van der Waals surface area contributed by atoms with E-state index in [1.54, 1.807) is 0 Å². The quantitative estimate of drug-likeness (QED) is 0.770. The van der Waals surface area contributed by atoms with Crippen molar-refractivity contribution in [2.24, 2.45) is 11.8 Å². The third-order valence-electron chi connectivity index (χ3n) is 5.96. The molecule has 0 aromatic rings. The normalized spacial score (nSPS) is 36.7. The summed E-state index contributed by atoms with van der Waals surface area (Å²) in [5.74, 6) is -0.0699. The Kier molecular flexibility index (Phi) is 3.67. The van der Waals surface area contributed by atoms with Gasteiger partial charge in [-0.15, -0.1) is 0 Å². The fourth-order valence-corrected chi connectivity index (χ4v) is 4.62. The summed E-state index contributed by atoms with van der Waals surface area (Å²) in [5, 5.41) is 3.26. The van der Waals surface area contributed by atoms with Crippen molar-refractivity contribution in [3.8, 4) is 0 Å². The third-order valence-corrected chi connectivity index (χ3v) is 5.96. The van der Waals surface area contributed by atoms with Gasteiger partial charge >= 0.3 is 0 Å². The molecule has 1 N–H and O–H groups in total. The number of hydrogen-bond acceptors (Lipinski definition) is 4. The van der Waals surface area contributed by atoms with E-state index in [1.165, 1.54) is 4.90 Å². The number of carbonyl (C=O) groups excluding carboxylic acids is 3. The van der Waals surface area contributed by atoms with Crippen LogP contribution >= 0.6 is 0 Å². The van der Waals surface area contributed by atoms with E-state index in [9.17, 15) is 14.4 Å². The van der Waals surface area contributed by atoms with Crippen LogP contribution in [-0.2, 0) is 14.4 Å². The standard InChI is InChI=1S/C17H25N3O3/c1-2-11-14-13(20(16(11)22)15(21)10-5-6-10)7-9-19(14)17(23)12-4-3-8-18-12/h10-14,18H,2-9H2,1H3/t11-,12-,13-,14+/m0/s1. The van der Waals surface area contributed by atoms with Crippen molar-refractivity contribution in [2.75, 3.05) is 13.1 Å². The molecule has 1 aliphatic carbocycles. The topological polar surface area (TPSA) is 69.7 Å². The van der Waals surface area contributed by atoms with E-state index >= 15 is 0 Å². The Labute approximate surface area is 136 Å². The first-order chi connectivity index (χ1) is 11.1. The molecule has 3 amide bonds. The third kappa shape index (κ3) is 2.30. The number of nitrogens with one attached hydrogen (secondary N) is 1. The summed E-state index contributed by atoms with van der Waals surface area (Å²) in [6, 6.07) is -0.300. The minimum absolute atomic E-state index is 0.00856. The van der Waals surface area contributed by atoms with Crippen LogP contribution in [0.15, 0.2) is 0 Å². The molecule has 0 bridgehead atoms. The molecule has 0 aromatic heterocycles. The maximum atomic E-state index is 12.8. The summed E-state index contributed by atoms with van der Waals surface area (Å²) in [6.45, 7) is 3.55. The highest BCUT2D eigenvalue weighted by molar-refractivity contribution is 6.01. The first-order valence-corrected chi connectivity index (χ1v) is 9.04. The van der Waals surface area contributed by atoms with E-state index in [1.807, 2.05) is 11.8 Å². The molecule has 0 aromatic carbocycles. The largest absolute Gasteiger partial charge is 0.335 e. The first kappa shape index (κ1) is 15.1. The highest BCUT2D eigenvalue weighted by Crippen LogP contribution is 2.42. The lowest BCUT2D eigenvalue weighted by Gasteiger charge is -2.29. The van der Waals surface area contributed by atoms with Crippen molar-refractivity contribution in [2.45, 2.75) is 63.6 Å². The Hall–Kier alpha value is -1.43. The van der Waals surface area contributed by atoms with Crippen LogP contribution in [0.3, 0.4) is 0 Å². The van der Waals surface area contributed by atoms with E-state index in [4.69, 9.17) is 0 Å². The lowest BCUT2D eigenvalue weighted by Crippen LogP contribution is -2.49. The van der Waals surface area contributed by atoms with Gasteiger partial charge in [0.05, 0.1) is 24.0 Å². The van der Waals surface area contributed by atoms with E-state index in [-0.39, 0.29) is 47.7 Å². The molecule has 6 nitrogen and oxygen atoms in total. The Bertz CT molecular complexity index is 539. The van der Waals surface area contributed by atoms with Crippen LogP contribution in [0.1, 0.15) is 45.4 Å². The van der Waals surface area contributed by atoms with Gasteiger partial charge in [0.15, 0.2) is 0 Å². The van der Waals surface area contributed by atoms with Crippen LogP contribution in [-0.4, -0.2) is 58.7 Å². The van der Waals surface area contributed by atoms with E-state index in [0.29, 0.717) is 13.0 Å². The molecule has 3 heterocycles. The monoisotopic (exact) mass is 319 g/mol. The molecule has 4 fully saturated rings. The molecular formula is C17H25N3O3. The van der Waals surface area contributed by atoms with Crippen LogP contribution in [0.4, 0.5) is 0 Å². The number of rotatable bonds is 3. The molecular weight excluding hydrogens is 294 g/mol. The predicted molar refractivity (Wildman–Crippen MR) is 83.3 cm³/mol. The van der Waals surface area contributed by atoms with Gasteiger partial charge in [-0.25, -0.2) is 0 Å². The van der Waals surface area contributed by atoms with Crippen molar-refractivity contribution in [1.29, 1.82) is 0 Å². The van der Waals surface area contributed by atoms with Gasteiger partial charge in [0.1, 0.15) is 0 Å². The van der Waals surface area contributed by atoms with E-state index < -0.39 is 0 Å². The van der Waals surface area contributed by atoms with Gasteiger partial charge in [0.2, 0.25) is 17.7 Å². The molecule has 6 heteroatoms. The zero-order chi connectivity index (χ0) is 16.1. The number of nitrogens with zero attached hydrogens (tertiary/aromatic N) is 2.